The summed E-state index contributed by atoms with van der Waals surface area (Å²) in [6.45, 7) is 4.59. The lowest BCUT2D eigenvalue weighted by atomic mass is 10.0. The average Bonchev–Trinajstić information content (AvgIpc) is 2.70. The predicted molar refractivity (Wildman–Crippen MR) is 77.7 cm³/mol. The van der Waals surface area contributed by atoms with Crippen LogP contribution >= 0.6 is 22.9 Å². The van der Waals surface area contributed by atoms with E-state index in [9.17, 15) is 0 Å². The average molecular weight is 282 g/mol. The van der Waals surface area contributed by atoms with Crippen molar-refractivity contribution in [3.8, 4) is 5.75 Å². The van der Waals surface area contributed by atoms with Gasteiger partial charge in [-0.15, -0.1) is 11.3 Å². The molecule has 2 rings (SSSR count). The number of nitrogens with two attached hydrogens (primary N) is 1. The first-order valence-corrected chi connectivity index (χ1v) is 7.06. The molecule has 2 nitrogen and oxygen atoms in total. The molecule has 1 unspecified atom stereocenters. The number of rotatable bonds is 4. The molecule has 0 saturated heterocycles. The van der Waals surface area contributed by atoms with Gasteiger partial charge in [0.25, 0.3) is 0 Å². The fraction of sp³-hybridized carbons (Fsp3) is 0.286. The van der Waals surface area contributed by atoms with Crippen LogP contribution in [0.1, 0.15) is 29.0 Å². The maximum Gasteiger partial charge on any atom is 0.124 e. The van der Waals surface area contributed by atoms with Crippen molar-refractivity contribution < 1.29 is 4.74 Å². The number of hydrogen-bond acceptors (Lipinski definition) is 3. The van der Waals surface area contributed by atoms with Gasteiger partial charge in [-0.2, -0.15) is 0 Å². The fourth-order valence-corrected chi connectivity index (χ4v) is 3.05. The highest BCUT2D eigenvalue weighted by Gasteiger charge is 2.16. The van der Waals surface area contributed by atoms with Crippen LogP contribution in [0.25, 0.3) is 0 Å². The van der Waals surface area contributed by atoms with Crippen LogP contribution < -0.4 is 10.5 Å². The van der Waals surface area contributed by atoms with Crippen LogP contribution in [-0.4, -0.2) is 6.61 Å². The lowest BCUT2D eigenvalue weighted by Crippen LogP contribution is -2.12. The Morgan fingerprint density at radius 2 is 2.11 bits per heavy atom. The molecule has 1 atom stereocenters. The lowest BCUT2D eigenvalue weighted by Gasteiger charge is -2.15. The van der Waals surface area contributed by atoms with Crippen molar-refractivity contribution in [1.82, 2.24) is 0 Å². The molecule has 0 fully saturated rings. The van der Waals surface area contributed by atoms with Crippen LogP contribution in [0.15, 0.2) is 30.3 Å². The van der Waals surface area contributed by atoms with E-state index in [4.69, 9.17) is 22.1 Å². The highest BCUT2D eigenvalue weighted by Crippen LogP contribution is 2.35. The summed E-state index contributed by atoms with van der Waals surface area (Å²) in [7, 11) is 0. The van der Waals surface area contributed by atoms with Gasteiger partial charge in [0, 0.05) is 10.4 Å². The zero-order valence-corrected chi connectivity index (χ0v) is 12.0. The molecule has 0 saturated carbocycles. The van der Waals surface area contributed by atoms with E-state index in [0.717, 1.165) is 26.1 Å². The van der Waals surface area contributed by atoms with Gasteiger partial charge in [0.1, 0.15) is 5.75 Å². The van der Waals surface area contributed by atoms with Gasteiger partial charge in [-0.1, -0.05) is 29.8 Å². The monoisotopic (exact) mass is 281 g/mol. The second-order valence-corrected chi connectivity index (χ2v) is 5.74. The topological polar surface area (TPSA) is 35.2 Å². The Kier molecular flexibility index (Phi) is 4.27. The molecule has 0 radical (unpaired) electrons. The molecular weight excluding hydrogens is 266 g/mol. The van der Waals surface area contributed by atoms with Gasteiger partial charge in [0.05, 0.1) is 17.0 Å². The molecule has 1 heterocycles. The summed E-state index contributed by atoms with van der Waals surface area (Å²) in [5.74, 6) is 0.842. The molecule has 0 spiro atoms. The van der Waals surface area contributed by atoms with Crippen molar-refractivity contribution in [1.29, 1.82) is 0 Å². The number of halogens is 1. The van der Waals surface area contributed by atoms with Gasteiger partial charge in [-0.05, 0) is 31.5 Å². The van der Waals surface area contributed by atoms with E-state index in [2.05, 4.69) is 0 Å². The van der Waals surface area contributed by atoms with Crippen molar-refractivity contribution in [2.75, 3.05) is 6.61 Å². The Bertz CT molecular complexity index is 519. The third-order valence-corrected chi connectivity index (χ3v) is 4.37. The van der Waals surface area contributed by atoms with E-state index in [-0.39, 0.29) is 6.04 Å². The van der Waals surface area contributed by atoms with Crippen molar-refractivity contribution in [3.63, 3.8) is 0 Å². The molecule has 0 aliphatic carbocycles. The first-order chi connectivity index (χ1) is 8.63. The quantitative estimate of drug-likeness (QED) is 0.913. The normalized spacial score (nSPS) is 12.4. The smallest absolute Gasteiger partial charge is 0.124 e. The van der Waals surface area contributed by atoms with Crippen LogP contribution in [0.3, 0.4) is 0 Å². The molecule has 18 heavy (non-hydrogen) atoms. The number of hydrogen-bond donors (Lipinski definition) is 1. The Morgan fingerprint density at radius 3 is 2.72 bits per heavy atom. The Labute approximate surface area is 116 Å². The molecular formula is C14H16ClNOS. The maximum atomic E-state index is 6.30. The first-order valence-electron chi connectivity index (χ1n) is 5.86. The van der Waals surface area contributed by atoms with Crippen LogP contribution in [0.4, 0.5) is 0 Å². The van der Waals surface area contributed by atoms with Gasteiger partial charge >= 0.3 is 0 Å². The van der Waals surface area contributed by atoms with Crippen molar-refractivity contribution in [2.24, 2.45) is 5.73 Å². The van der Waals surface area contributed by atoms with Crippen molar-refractivity contribution in [3.05, 3.63) is 50.7 Å². The molecule has 0 bridgehead atoms. The second-order valence-electron chi connectivity index (χ2n) is 4.05. The molecule has 96 valence electrons. The zero-order chi connectivity index (χ0) is 13.1. The molecule has 2 aromatic rings. The summed E-state index contributed by atoms with van der Waals surface area (Å²) in [5, 5.41) is 0. The molecule has 1 aromatic carbocycles. The van der Waals surface area contributed by atoms with Crippen molar-refractivity contribution in [2.45, 2.75) is 19.9 Å². The SMILES string of the molecule is CCOc1ccccc1C(N)c1cc(C)c(Cl)s1. The fourth-order valence-electron chi connectivity index (χ4n) is 1.81. The van der Waals surface area contributed by atoms with E-state index in [0.29, 0.717) is 6.61 Å². The summed E-state index contributed by atoms with van der Waals surface area (Å²) >= 11 is 7.62. The lowest BCUT2D eigenvalue weighted by molar-refractivity contribution is 0.335. The minimum Gasteiger partial charge on any atom is -0.494 e. The van der Waals surface area contributed by atoms with Gasteiger partial charge in [0.2, 0.25) is 0 Å². The van der Waals surface area contributed by atoms with Gasteiger partial charge in [-0.3, -0.25) is 0 Å². The maximum absolute atomic E-state index is 6.30. The number of para-hydroxylation sites is 1. The Morgan fingerprint density at radius 1 is 1.39 bits per heavy atom. The number of ether oxygens (including phenoxy) is 1. The zero-order valence-electron chi connectivity index (χ0n) is 10.4. The summed E-state index contributed by atoms with van der Waals surface area (Å²) in [6, 6.07) is 9.72. The number of aryl methyl sites for hydroxylation is 1. The Balaban J connectivity index is 2.36. The molecule has 4 heteroatoms. The standard InChI is InChI=1S/C14H16ClNOS/c1-3-17-11-7-5-4-6-10(11)13(16)12-8-9(2)14(15)18-12/h4-8,13H,3,16H2,1-2H3. The molecule has 1 aromatic heterocycles. The largest absolute Gasteiger partial charge is 0.494 e. The van der Waals surface area contributed by atoms with E-state index in [1.165, 1.54) is 11.3 Å². The summed E-state index contributed by atoms with van der Waals surface area (Å²) in [6.07, 6.45) is 0. The van der Waals surface area contributed by atoms with E-state index >= 15 is 0 Å². The van der Waals surface area contributed by atoms with E-state index in [1.807, 2.05) is 44.2 Å². The van der Waals surface area contributed by atoms with E-state index in [1.54, 1.807) is 0 Å². The summed E-state index contributed by atoms with van der Waals surface area (Å²) in [4.78, 5) is 1.06. The van der Waals surface area contributed by atoms with Gasteiger partial charge in [0.15, 0.2) is 0 Å². The minimum absolute atomic E-state index is 0.191. The van der Waals surface area contributed by atoms with E-state index < -0.39 is 0 Å². The summed E-state index contributed by atoms with van der Waals surface area (Å²) < 4.78 is 6.41. The highest BCUT2D eigenvalue weighted by molar-refractivity contribution is 7.16. The molecule has 2 N–H and O–H groups in total. The van der Waals surface area contributed by atoms with Gasteiger partial charge in [-0.25, -0.2) is 0 Å². The third kappa shape index (κ3) is 2.69. The highest BCUT2D eigenvalue weighted by atomic mass is 35.5. The number of thiophene rings is 1. The number of benzene rings is 1. The van der Waals surface area contributed by atoms with Crippen LogP contribution in [0.2, 0.25) is 4.34 Å². The third-order valence-electron chi connectivity index (χ3n) is 2.74. The second kappa shape index (κ2) is 5.74. The predicted octanol–water partition coefficient (Wildman–Crippen LogP) is 4.16. The van der Waals surface area contributed by atoms with Crippen LogP contribution in [-0.2, 0) is 0 Å². The van der Waals surface area contributed by atoms with Crippen LogP contribution in [0, 0.1) is 6.92 Å². The molecule has 0 aliphatic rings. The van der Waals surface area contributed by atoms with Gasteiger partial charge < -0.3 is 10.5 Å². The van der Waals surface area contributed by atoms with Crippen LogP contribution in [0.5, 0.6) is 5.75 Å². The minimum atomic E-state index is -0.191. The summed E-state index contributed by atoms with van der Waals surface area (Å²) in [5.41, 5.74) is 8.37. The molecule has 0 aliphatic heterocycles. The van der Waals surface area contributed by atoms with Crippen molar-refractivity contribution >= 4 is 22.9 Å². The molecule has 0 amide bonds. The Hall–Kier alpha value is -1.03. The first kappa shape index (κ1) is 13.4.